The van der Waals surface area contributed by atoms with Gasteiger partial charge in [0.05, 0.1) is 0 Å². The van der Waals surface area contributed by atoms with Crippen LogP contribution in [0.15, 0.2) is 102 Å². The molecule has 1 heterocycles. The minimum Gasteiger partial charge on any atom is -0.489 e. The summed E-state index contributed by atoms with van der Waals surface area (Å²) in [5.74, 6) is 0.940. The Morgan fingerprint density at radius 3 is 2.53 bits per heavy atom. The summed E-state index contributed by atoms with van der Waals surface area (Å²) in [5.41, 5.74) is 2.74. The standard InChI is InChI=1S/C27H22N2O3/c1-19(30)29-27(22-13-7-14-23(17-22)31-18-20-9-3-2-4-10-20)32-26(28-29)25-16-8-12-21-11-5-6-15-24(21)25/h2-17,27H,18H2,1H3. The lowest BCUT2D eigenvalue weighted by Crippen LogP contribution is -2.25. The zero-order valence-corrected chi connectivity index (χ0v) is 17.6. The number of fused-ring (bicyclic) bond motifs is 1. The first-order valence-electron chi connectivity index (χ1n) is 10.5. The van der Waals surface area contributed by atoms with Gasteiger partial charge in [0.1, 0.15) is 12.4 Å². The Balaban J connectivity index is 1.42. The molecule has 5 rings (SSSR count). The Labute approximate surface area is 186 Å². The first kappa shape index (κ1) is 19.8. The number of amides is 1. The van der Waals surface area contributed by atoms with Crippen LogP contribution in [0.1, 0.15) is 29.8 Å². The molecule has 0 aliphatic carbocycles. The third-order valence-corrected chi connectivity index (χ3v) is 5.38. The molecule has 1 unspecified atom stereocenters. The van der Waals surface area contributed by atoms with Gasteiger partial charge in [-0.05, 0) is 34.5 Å². The van der Waals surface area contributed by atoms with E-state index < -0.39 is 6.23 Å². The van der Waals surface area contributed by atoms with Crippen molar-refractivity contribution >= 4 is 22.6 Å². The van der Waals surface area contributed by atoms with Crippen LogP contribution >= 0.6 is 0 Å². The van der Waals surface area contributed by atoms with Gasteiger partial charge in [0.25, 0.3) is 0 Å². The molecule has 0 spiro atoms. The molecule has 158 valence electrons. The number of benzene rings is 4. The molecule has 5 heteroatoms. The highest BCUT2D eigenvalue weighted by Crippen LogP contribution is 2.33. The SMILES string of the molecule is CC(=O)N1N=C(c2cccc3ccccc23)OC1c1cccc(OCc2ccccc2)c1. The molecule has 32 heavy (non-hydrogen) atoms. The largest absolute Gasteiger partial charge is 0.489 e. The van der Waals surface area contributed by atoms with Crippen molar-refractivity contribution < 1.29 is 14.3 Å². The van der Waals surface area contributed by atoms with E-state index in [-0.39, 0.29) is 5.91 Å². The molecule has 1 amide bonds. The van der Waals surface area contributed by atoms with E-state index >= 15 is 0 Å². The van der Waals surface area contributed by atoms with E-state index in [1.54, 1.807) is 0 Å². The third-order valence-electron chi connectivity index (χ3n) is 5.38. The van der Waals surface area contributed by atoms with E-state index in [0.717, 1.165) is 27.5 Å². The number of carbonyl (C=O) groups excluding carboxylic acids is 1. The molecule has 1 atom stereocenters. The number of rotatable bonds is 5. The van der Waals surface area contributed by atoms with Gasteiger partial charge in [-0.2, -0.15) is 5.01 Å². The Morgan fingerprint density at radius 1 is 0.938 bits per heavy atom. The van der Waals surface area contributed by atoms with Gasteiger partial charge >= 0.3 is 0 Å². The van der Waals surface area contributed by atoms with Crippen LogP contribution in [0, 0.1) is 0 Å². The molecule has 0 saturated carbocycles. The van der Waals surface area contributed by atoms with E-state index in [9.17, 15) is 4.79 Å². The van der Waals surface area contributed by atoms with Gasteiger partial charge in [0.15, 0.2) is 0 Å². The van der Waals surface area contributed by atoms with Crippen molar-refractivity contribution in [2.24, 2.45) is 5.10 Å². The summed E-state index contributed by atoms with van der Waals surface area (Å²) in [5, 5.41) is 8.02. The molecule has 4 aromatic rings. The molecule has 0 fully saturated rings. The quantitative estimate of drug-likeness (QED) is 0.417. The van der Waals surface area contributed by atoms with E-state index in [1.165, 1.54) is 11.9 Å². The highest BCUT2D eigenvalue weighted by Gasteiger charge is 2.33. The number of ether oxygens (including phenoxy) is 2. The topological polar surface area (TPSA) is 51.1 Å². The second kappa shape index (κ2) is 8.55. The third kappa shape index (κ3) is 3.93. The first-order chi connectivity index (χ1) is 15.7. The normalized spacial score (nSPS) is 15.3. The van der Waals surface area contributed by atoms with Crippen molar-refractivity contribution in [3.05, 3.63) is 114 Å². The van der Waals surface area contributed by atoms with Gasteiger partial charge in [0, 0.05) is 18.1 Å². The zero-order valence-electron chi connectivity index (χ0n) is 17.6. The van der Waals surface area contributed by atoms with Gasteiger partial charge in [-0.15, -0.1) is 5.10 Å². The maximum Gasteiger partial charge on any atom is 0.243 e. The fraction of sp³-hybridized carbons (Fsp3) is 0.111. The molecular formula is C27H22N2O3. The summed E-state index contributed by atoms with van der Waals surface area (Å²) in [6.45, 7) is 1.95. The summed E-state index contributed by atoms with van der Waals surface area (Å²) >= 11 is 0. The number of carbonyl (C=O) groups is 1. The molecule has 0 radical (unpaired) electrons. The monoisotopic (exact) mass is 422 g/mol. The van der Waals surface area contributed by atoms with Crippen LogP contribution in [-0.2, 0) is 16.1 Å². The van der Waals surface area contributed by atoms with Crippen LogP contribution in [-0.4, -0.2) is 16.8 Å². The molecule has 0 saturated heterocycles. The average Bonchev–Trinajstić information content (AvgIpc) is 3.29. The highest BCUT2D eigenvalue weighted by molar-refractivity contribution is 6.07. The molecule has 5 nitrogen and oxygen atoms in total. The Hall–Kier alpha value is -4.12. The summed E-state index contributed by atoms with van der Waals surface area (Å²) in [7, 11) is 0. The van der Waals surface area contributed by atoms with E-state index in [2.05, 4.69) is 5.10 Å². The van der Waals surface area contributed by atoms with Gasteiger partial charge in [0.2, 0.25) is 18.0 Å². The van der Waals surface area contributed by atoms with Gasteiger partial charge in [-0.3, -0.25) is 4.79 Å². The smallest absolute Gasteiger partial charge is 0.243 e. The minimum absolute atomic E-state index is 0.194. The second-order valence-electron chi connectivity index (χ2n) is 7.61. The van der Waals surface area contributed by atoms with Gasteiger partial charge in [-0.25, -0.2) is 0 Å². The lowest BCUT2D eigenvalue weighted by Gasteiger charge is -2.20. The van der Waals surface area contributed by atoms with Crippen LogP contribution in [0.25, 0.3) is 10.8 Å². The van der Waals surface area contributed by atoms with Gasteiger partial charge in [-0.1, -0.05) is 78.9 Å². The minimum atomic E-state index is -0.651. The number of hydrazone groups is 1. The lowest BCUT2D eigenvalue weighted by molar-refractivity contribution is -0.135. The maximum absolute atomic E-state index is 12.4. The summed E-state index contributed by atoms with van der Waals surface area (Å²) in [6.07, 6.45) is -0.651. The fourth-order valence-corrected chi connectivity index (χ4v) is 3.80. The van der Waals surface area contributed by atoms with Crippen molar-refractivity contribution in [1.29, 1.82) is 0 Å². The van der Waals surface area contributed by atoms with Gasteiger partial charge < -0.3 is 9.47 Å². The summed E-state index contributed by atoms with van der Waals surface area (Å²) in [4.78, 5) is 12.4. The molecule has 0 N–H and O–H groups in total. The number of nitrogens with zero attached hydrogens (tertiary/aromatic N) is 2. The molecule has 1 aliphatic rings. The average molecular weight is 422 g/mol. The first-order valence-corrected chi connectivity index (χ1v) is 10.5. The van der Waals surface area contributed by atoms with Crippen LogP contribution in [0.5, 0.6) is 5.75 Å². The highest BCUT2D eigenvalue weighted by atomic mass is 16.5. The van der Waals surface area contributed by atoms with E-state index in [1.807, 2.05) is 97.1 Å². The molecular weight excluding hydrogens is 400 g/mol. The fourth-order valence-electron chi connectivity index (χ4n) is 3.80. The van der Waals surface area contributed by atoms with Crippen LogP contribution < -0.4 is 4.74 Å². The Kier molecular flexibility index (Phi) is 5.30. The predicted molar refractivity (Wildman–Crippen MR) is 124 cm³/mol. The second-order valence-corrected chi connectivity index (χ2v) is 7.61. The van der Waals surface area contributed by atoms with Crippen molar-refractivity contribution in [2.75, 3.05) is 0 Å². The van der Waals surface area contributed by atoms with Crippen LogP contribution in [0.2, 0.25) is 0 Å². The van der Waals surface area contributed by atoms with E-state index in [4.69, 9.17) is 9.47 Å². The Morgan fingerprint density at radius 2 is 1.69 bits per heavy atom. The van der Waals surface area contributed by atoms with Crippen molar-refractivity contribution in [1.82, 2.24) is 5.01 Å². The lowest BCUT2D eigenvalue weighted by atomic mass is 10.0. The van der Waals surface area contributed by atoms with E-state index in [0.29, 0.717) is 18.3 Å². The number of hydrogen-bond donors (Lipinski definition) is 0. The number of hydrogen-bond acceptors (Lipinski definition) is 4. The molecule has 0 aromatic heterocycles. The molecule has 4 aromatic carbocycles. The van der Waals surface area contributed by atoms with Crippen LogP contribution in [0.3, 0.4) is 0 Å². The van der Waals surface area contributed by atoms with Crippen molar-refractivity contribution in [3.63, 3.8) is 0 Å². The van der Waals surface area contributed by atoms with Crippen molar-refractivity contribution in [3.8, 4) is 5.75 Å². The zero-order chi connectivity index (χ0) is 21.9. The maximum atomic E-state index is 12.4. The molecule has 1 aliphatic heterocycles. The Bertz CT molecular complexity index is 1300. The summed E-state index contributed by atoms with van der Waals surface area (Å²) < 4.78 is 12.2. The van der Waals surface area contributed by atoms with Crippen LogP contribution in [0.4, 0.5) is 0 Å². The predicted octanol–water partition coefficient (Wildman–Crippen LogP) is 5.66. The molecule has 0 bridgehead atoms. The summed E-state index contributed by atoms with van der Waals surface area (Å²) in [6, 6.07) is 31.6. The van der Waals surface area contributed by atoms with Crippen molar-refractivity contribution in [2.45, 2.75) is 19.8 Å².